The summed E-state index contributed by atoms with van der Waals surface area (Å²) in [6.07, 6.45) is 1.24. The van der Waals surface area contributed by atoms with Gasteiger partial charge in [0.2, 0.25) is 5.91 Å². The summed E-state index contributed by atoms with van der Waals surface area (Å²) in [6.45, 7) is 17.9. The molecule has 10 heteroatoms. The van der Waals surface area contributed by atoms with Crippen molar-refractivity contribution in [3.8, 4) is 0 Å². The third-order valence-corrected chi connectivity index (χ3v) is 6.83. The largest absolute Gasteiger partial charge is 0.463 e. The fourth-order valence-corrected chi connectivity index (χ4v) is 4.76. The van der Waals surface area contributed by atoms with Crippen molar-refractivity contribution in [2.75, 3.05) is 46.2 Å². The molecule has 0 heterocycles. The molecule has 1 saturated carbocycles. The fourth-order valence-electron chi connectivity index (χ4n) is 4.76. The molecule has 0 bridgehead atoms. The maximum absolute atomic E-state index is 13.8. The molecule has 4 atom stereocenters. The highest BCUT2D eigenvalue weighted by Gasteiger charge is 2.47. The lowest BCUT2D eigenvalue weighted by Crippen LogP contribution is -2.53. The van der Waals surface area contributed by atoms with E-state index in [0.29, 0.717) is 51.2 Å². The molecule has 0 aromatic rings. The van der Waals surface area contributed by atoms with Gasteiger partial charge in [-0.05, 0) is 30.6 Å². The Kier molecular flexibility index (Phi) is 16.7. The number of amides is 1. The van der Waals surface area contributed by atoms with Crippen molar-refractivity contribution in [1.82, 2.24) is 10.6 Å². The van der Waals surface area contributed by atoms with Crippen molar-refractivity contribution in [2.45, 2.75) is 99.3 Å². The number of hydrogen-bond donors (Lipinski definition) is 2. The van der Waals surface area contributed by atoms with Crippen molar-refractivity contribution in [3.05, 3.63) is 0 Å². The van der Waals surface area contributed by atoms with Gasteiger partial charge in [-0.15, -0.1) is 0 Å². The van der Waals surface area contributed by atoms with Gasteiger partial charge in [0, 0.05) is 37.8 Å². The predicted molar refractivity (Wildman–Crippen MR) is 153 cm³/mol. The van der Waals surface area contributed by atoms with E-state index in [0.717, 1.165) is 13.0 Å². The second-order valence-corrected chi connectivity index (χ2v) is 12.5. The summed E-state index contributed by atoms with van der Waals surface area (Å²) in [4.78, 5) is 51.2. The Morgan fingerprint density at radius 2 is 1.43 bits per heavy atom. The lowest BCUT2D eigenvalue weighted by atomic mass is 9.76. The van der Waals surface area contributed by atoms with E-state index in [-0.39, 0.29) is 31.2 Å². The first kappa shape index (κ1) is 36.1. The number of ether oxygens (including phenoxy) is 4. The molecule has 1 aliphatic rings. The van der Waals surface area contributed by atoms with Gasteiger partial charge >= 0.3 is 5.97 Å². The van der Waals surface area contributed by atoms with Crippen LogP contribution in [-0.4, -0.2) is 87.8 Å². The van der Waals surface area contributed by atoms with E-state index in [1.165, 1.54) is 6.92 Å². The molecule has 232 valence electrons. The van der Waals surface area contributed by atoms with Gasteiger partial charge in [-0.2, -0.15) is 0 Å². The molecule has 1 fully saturated rings. The summed E-state index contributed by atoms with van der Waals surface area (Å²) >= 11 is 0. The van der Waals surface area contributed by atoms with E-state index < -0.39 is 41.3 Å². The fraction of sp³-hybridized carbons (Fsp3) is 0.867. The first-order valence-electron chi connectivity index (χ1n) is 14.7. The van der Waals surface area contributed by atoms with Crippen molar-refractivity contribution < 1.29 is 38.1 Å². The van der Waals surface area contributed by atoms with Gasteiger partial charge in [-0.25, -0.2) is 0 Å². The Morgan fingerprint density at radius 1 is 0.850 bits per heavy atom. The number of rotatable bonds is 20. The van der Waals surface area contributed by atoms with E-state index in [1.54, 1.807) is 0 Å². The zero-order valence-corrected chi connectivity index (χ0v) is 26.0. The molecular formula is C30H54N2O8. The van der Waals surface area contributed by atoms with Gasteiger partial charge in [-0.3, -0.25) is 19.2 Å². The van der Waals surface area contributed by atoms with Crippen LogP contribution in [0.1, 0.15) is 81.1 Å². The molecule has 1 rings (SSSR count). The van der Waals surface area contributed by atoms with Crippen molar-refractivity contribution in [1.29, 1.82) is 0 Å². The zero-order chi connectivity index (χ0) is 30.3. The lowest BCUT2D eigenvalue weighted by Gasteiger charge is -2.33. The van der Waals surface area contributed by atoms with Crippen LogP contribution >= 0.6 is 0 Å². The minimum atomic E-state index is -0.816. The number of hydrogen-bond acceptors (Lipinski definition) is 9. The van der Waals surface area contributed by atoms with Crippen molar-refractivity contribution in [2.24, 2.45) is 23.2 Å². The van der Waals surface area contributed by atoms with E-state index in [4.69, 9.17) is 18.9 Å². The average molecular weight is 571 g/mol. The lowest BCUT2D eigenvalue weighted by molar-refractivity contribution is -0.146. The zero-order valence-electron chi connectivity index (χ0n) is 26.0. The van der Waals surface area contributed by atoms with Crippen LogP contribution in [0.3, 0.4) is 0 Å². The monoisotopic (exact) mass is 570 g/mol. The van der Waals surface area contributed by atoms with Crippen LogP contribution in [-0.2, 0) is 38.1 Å². The van der Waals surface area contributed by atoms with Gasteiger partial charge in [0.05, 0.1) is 39.1 Å². The molecule has 4 unspecified atom stereocenters. The van der Waals surface area contributed by atoms with E-state index in [2.05, 4.69) is 24.5 Å². The molecule has 0 radical (unpaired) electrons. The van der Waals surface area contributed by atoms with Crippen molar-refractivity contribution >= 4 is 23.4 Å². The second-order valence-electron chi connectivity index (χ2n) is 12.5. The third-order valence-electron chi connectivity index (χ3n) is 6.83. The Hall–Kier alpha value is -1.88. The van der Waals surface area contributed by atoms with Crippen molar-refractivity contribution in [3.63, 3.8) is 0 Å². The molecule has 40 heavy (non-hydrogen) atoms. The van der Waals surface area contributed by atoms with E-state index in [9.17, 15) is 19.2 Å². The molecule has 0 aromatic heterocycles. The predicted octanol–water partition coefficient (Wildman–Crippen LogP) is 3.10. The van der Waals surface area contributed by atoms with Crippen LogP contribution in [0.25, 0.3) is 0 Å². The minimum absolute atomic E-state index is 0.0154. The first-order chi connectivity index (χ1) is 18.7. The van der Waals surface area contributed by atoms with E-state index >= 15 is 0 Å². The Balaban J connectivity index is 2.60. The standard InChI is InChI=1S/C30H54N2O8/c1-20(2)9-10-26(34)24-17-23(40-22(5)33)18-25(24)28(36)29(30(6,7)8)32-27(35)19-39-16-15-38-14-13-37-12-11-31-21(3)4/h20-21,23-25,29,31H,9-19H2,1-8H3,(H,32,35). The molecule has 0 aliphatic heterocycles. The topological polar surface area (TPSA) is 129 Å². The van der Waals surface area contributed by atoms with Gasteiger partial charge in [0.1, 0.15) is 18.5 Å². The number of esters is 1. The summed E-state index contributed by atoms with van der Waals surface area (Å²) in [5, 5.41) is 6.11. The Morgan fingerprint density at radius 3 is 1.98 bits per heavy atom. The first-order valence-corrected chi connectivity index (χ1v) is 14.7. The number of nitrogens with one attached hydrogen (secondary N) is 2. The van der Waals surface area contributed by atoms with Gasteiger partial charge in [-0.1, -0.05) is 48.5 Å². The maximum atomic E-state index is 13.8. The highest BCUT2D eigenvalue weighted by Crippen LogP contribution is 2.39. The van der Waals surface area contributed by atoms with Crippen LogP contribution in [0, 0.1) is 23.2 Å². The van der Waals surface area contributed by atoms with Crippen LogP contribution in [0.2, 0.25) is 0 Å². The van der Waals surface area contributed by atoms with Gasteiger partial charge in [0.25, 0.3) is 0 Å². The third kappa shape index (κ3) is 14.7. The van der Waals surface area contributed by atoms with E-state index in [1.807, 2.05) is 34.6 Å². The number of carbonyl (C=O) groups excluding carboxylic acids is 4. The number of carbonyl (C=O) groups is 4. The highest BCUT2D eigenvalue weighted by atomic mass is 16.5. The Bertz CT molecular complexity index is 793. The molecule has 1 aliphatic carbocycles. The summed E-state index contributed by atoms with van der Waals surface area (Å²) < 4.78 is 21.8. The molecule has 10 nitrogen and oxygen atoms in total. The smallest absolute Gasteiger partial charge is 0.302 e. The Labute approximate surface area is 241 Å². The average Bonchev–Trinajstić information content (AvgIpc) is 3.26. The summed E-state index contributed by atoms with van der Waals surface area (Å²) in [7, 11) is 0. The molecule has 2 N–H and O–H groups in total. The molecule has 0 aromatic carbocycles. The maximum Gasteiger partial charge on any atom is 0.302 e. The molecule has 0 spiro atoms. The molecular weight excluding hydrogens is 516 g/mol. The van der Waals surface area contributed by atoms with Gasteiger partial charge < -0.3 is 29.6 Å². The molecule has 1 amide bonds. The summed E-state index contributed by atoms with van der Waals surface area (Å²) in [6, 6.07) is -0.391. The number of ketones is 2. The van der Waals surface area contributed by atoms with Crippen LogP contribution in [0.15, 0.2) is 0 Å². The van der Waals surface area contributed by atoms with Gasteiger partial charge in [0.15, 0.2) is 5.78 Å². The SMILES string of the molecule is CC(=O)OC1CC(C(=O)CCC(C)C)C(C(=O)C(NC(=O)COCCOCCOCCNC(C)C)C(C)(C)C)C1. The minimum Gasteiger partial charge on any atom is -0.463 e. The van der Waals surface area contributed by atoms with Crippen LogP contribution < -0.4 is 10.6 Å². The summed E-state index contributed by atoms with van der Waals surface area (Å²) in [5.41, 5.74) is -0.592. The van der Waals surface area contributed by atoms with Crippen LogP contribution in [0.5, 0.6) is 0 Å². The second kappa shape index (κ2) is 18.5. The molecule has 0 saturated heterocycles. The summed E-state index contributed by atoms with van der Waals surface area (Å²) in [5.74, 6) is -1.81. The quantitative estimate of drug-likeness (QED) is 0.168. The van der Waals surface area contributed by atoms with Crippen LogP contribution in [0.4, 0.5) is 0 Å². The normalized spacial score (nSPS) is 20.1. The number of Topliss-reactive ketones (excluding diaryl/α,β-unsaturated/α-hetero) is 2. The highest BCUT2D eigenvalue weighted by molar-refractivity contribution is 5.96.